The van der Waals surface area contributed by atoms with Gasteiger partial charge in [0.15, 0.2) is 0 Å². The first-order chi connectivity index (χ1) is 9.16. The number of carbonyl (C=O) groups excluding carboxylic acids is 1. The second-order valence-corrected chi connectivity index (χ2v) is 5.12. The number of hydrogen-bond donors (Lipinski definition) is 1. The Labute approximate surface area is 110 Å². The molecule has 0 spiro atoms. The molecule has 5 heteroatoms. The van der Waals surface area contributed by atoms with Crippen LogP contribution in [-0.2, 0) is 16.1 Å². The van der Waals surface area contributed by atoms with Crippen LogP contribution in [0, 0.1) is 5.92 Å². The highest BCUT2D eigenvalue weighted by Gasteiger charge is 2.56. The number of amides is 1. The quantitative estimate of drug-likeness (QED) is 0.902. The molecule has 0 radical (unpaired) electrons. The van der Waals surface area contributed by atoms with E-state index in [0.717, 1.165) is 18.4 Å². The van der Waals surface area contributed by atoms with Crippen LogP contribution in [0.5, 0.6) is 0 Å². The molecule has 3 aliphatic rings. The van der Waals surface area contributed by atoms with Gasteiger partial charge in [0.2, 0.25) is 0 Å². The van der Waals surface area contributed by atoms with Crippen molar-refractivity contribution in [1.82, 2.24) is 4.90 Å². The molecule has 19 heavy (non-hydrogen) atoms. The largest absolute Gasteiger partial charge is 0.480 e. The Morgan fingerprint density at radius 3 is 2.58 bits per heavy atom. The molecule has 1 aliphatic carbocycles. The molecule has 2 bridgehead atoms. The zero-order valence-electron chi connectivity index (χ0n) is 10.4. The fourth-order valence-electron chi connectivity index (χ4n) is 2.95. The summed E-state index contributed by atoms with van der Waals surface area (Å²) >= 11 is 0. The maximum absolute atomic E-state index is 12.0. The van der Waals surface area contributed by atoms with Gasteiger partial charge in [-0.25, -0.2) is 9.59 Å². The molecule has 1 atom stereocenters. The number of ether oxygens (including phenoxy) is 1. The molecule has 1 unspecified atom stereocenters. The highest BCUT2D eigenvalue weighted by Crippen LogP contribution is 2.46. The van der Waals surface area contributed by atoms with Gasteiger partial charge < -0.3 is 9.84 Å². The first-order valence-corrected chi connectivity index (χ1v) is 6.38. The zero-order valence-corrected chi connectivity index (χ0v) is 10.4. The summed E-state index contributed by atoms with van der Waals surface area (Å²) in [4.78, 5) is 24.6. The van der Waals surface area contributed by atoms with Gasteiger partial charge in [-0.3, -0.25) is 4.90 Å². The van der Waals surface area contributed by atoms with E-state index in [2.05, 4.69) is 0 Å². The molecule has 100 valence electrons. The van der Waals surface area contributed by atoms with Crippen molar-refractivity contribution in [1.29, 1.82) is 0 Å². The van der Waals surface area contributed by atoms with E-state index in [1.165, 1.54) is 4.90 Å². The van der Waals surface area contributed by atoms with Crippen molar-refractivity contribution in [3.63, 3.8) is 0 Å². The van der Waals surface area contributed by atoms with Crippen LogP contribution in [0.25, 0.3) is 0 Å². The molecule has 1 amide bonds. The first-order valence-electron chi connectivity index (χ1n) is 6.38. The number of aliphatic carboxylic acids is 1. The van der Waals surface area contributed by atoms with Gasteiger partial charge in [-0.2, -0.15) is 0 Å². The number of fused-ring (bicyclic) bond motifs is 1. The lowest BCUT2D eigenvalue weighted by Gasteiger charge is -2.25. The van der Waals surface area contributed by atoms with Gasteiger partial charge in [-0.15, -0.1) is 0 Å². The van der Waals surface area contributed by atoms with Gasteiger partial charge in [0, 0.05) is 6.04 Å². The van der Waals surface area contributed by atoms with Gasteiger partial charge in [0.1, 0.15) is 12.6 Å². The molecule has 5 nitrogen and oxygen atoms in total. The number of hydrogen-bond acceptors (Lipinski definition) is 3. The van der Waals surface area contributed by atoms with E-state index in [9.17, 15) is 9.59 Å². The first kappa shape index (κ1) is 12.0. The lowest BCUT2D eigenvalue weighted by atomic mass is 9.83. The Morgan fingerprint density at radius 1 is 1.26 bits per heavy atom. The summed E-state index contributed by atoms with van der Waals surface area (Å²) in [7, 11) is 0. The normalized spacial score (nSPS) is 27.8. The van der Waals surface area contributed by atoms with Gasteiger partial charge >= 0.3 is 12.1 Å². The smallest absolute Gasteiger partial charge is 0.411 e. The molecule has 1 saturated carbocycles. The highest BCUT2D eigenvalue weighted by atomic mass is 16.6. The summed E-state index contributed by atoms with van der Waals surface area (Å²) in [6, 6.07) is 8.72. The third kappa shape index (κ3) is 2.05. The van der Waals surface area contributed by atoms with E-state index in [-0.39, 0.29) is 18.6 Å². The predicted molar refractivity (Wildman–Crippen MR) is 66.4 cm³/mol. The van der Waals surface area contributed by atoms with Crippen molar-refractivity contribution in [3.05, 3.63) is 35.9 Å². The number of rotatable bonds is 3. The zero-order chi connectivity index (χ0) is 13.4. The second kappa shape index (κ2) is 4.57. The third-order valence-electron chi connectivity index (χ3n) is 3.96. The summed E-state index contributed by atoms with van der Waals surface area (Å²) < 4.78 is 5.21. The third-order valence-corrected chi connectivity index (χ3v) is 3.96. The van der Waals surface area contributed by atoms with Crippen molar-refractivity contribution >= 4 is 12.1 Å². The molecule has 3 fully saturated rings. The Balaban J connectivity index is 1.63. The number of nitrogens with zero attached hydrogens (tertiary/aromatic N) is 1. The number of carboxylic acid groups (broad SMARTS) is 1. The summed E-state index contributed by atoms with van der Waals surface area (Å²) in [6.45, 7) is 0.180. The van der Waals surface area contributed by atoms with Gasteiger partial charge in [-0.1, -0.05) is 30.3 Å². The minimum atomic E-state index is -0.929. The number of carbonyl (C=O) groups is 2. The number of carboxylic acids is 1. The molecule has 2 saturated heterocycles. The van der Waals surface area contributed by atoms with Crippen molar-refractivity contribution in [2.45, 2.75) is 31.5 Å². The van der Waals surface area contributed by atoms with E-state index in [1.54, 1.807) is 0 Å². The van der Waals surface area contributed by atoms with Crippen LogP contribution in [-0.4, -0.2) is 34.2 Å². The van der Waals surface area contributed by atoms with Crippen LogP contribution in [0.15, 0.2) is 30.3 Å². The van der Waals surface area contributed by atoms with Crippen molar-refractivity contribution in [2.75, 3.05) is 0 Å². The Bertz CT molecular complexity index is 495. The lowest BCUT2D eigenvalue weighted by Crippen LogP contribution is -2.41. The second-order valence-electron chi connectivity index (χ2n) is 5.12. The summed E-state index contributed by atoms with van der Waals surface area (Å²) in [5.41, 5.74) is 0.897. The summed E-state index contributed by atoms with van der Waals surface area (Å²) in [5.74, 6) is -0.826. The van der Waals surface area contributed by atoms with Crippen molar-refractivity contribution < 1.29 is 19.4 Å². The summed E-state index contributed by atoms with van der Waals surface area (Å²) in [5, 5.41) is 9.17. The standard InChI is InChI=1S/C14H15NO4/c16-13(17)12-10-6-11(7-10)15(12)14(18)19-8-9-4-2-1-3-5-9/h1-5,10-12H,6-8H2,(H,16,17). The van der Waals surface area contributed by atoms with Crippen molar-refractivity contribution in [3.8, 4) is 0 Å². The number of benzene rings is 1. The van der Waals surface area contributed by atoms with E-state index in [1.807, 2.05) is 30.3 Å². The minimum Gasteiger partial charge on any atom is -0.480 e. The molecule has 0 aromatic heterocycles. The topological polar surface area (TPSA) is 66.8 Å². The average Bonchev–Trinajstić information content (AvgIpc) is 2.92. The van der Waals surface area contributed by atoms with Crippen LogP contribution in [0.2, 0.25) is 0 Å². The predicted octanol–water partition coefficient (Wildman–Crippen LogP) is 1.87. The Morgan fingerprint density at radius 2 is 1.95 bits per heavy atom. The van der Waals surface area contributed by atoms with Crippen molar-refractivity contribution in [2.24, 2.45) is 5.92 Å². The molecule has 1 aromatic rings. The van der Waals surface area contributed by atoms with Gasteiger partial charge in [-0.05, 0) is 24.3 Å². The molecular weight excluding hydrogens is 246 g/mol. The summed E-state index contributed by atoms with van der Waals surface area (Å²) in [6.07, 6.45) is 1.07. The Hall–Kier alpha value is -2.04. The van der Waals surface area contributed by atoms with Crippen LogP contribution in [0.1, 0.15) is 18.4 Å². The molecule has 1 N–H and O–H groups in total. The lowest BCUT2D eigenvalue weighted by molar-refractivity contribution is -0.142. The van der Waals surface area contributed by atoms with E-state index in [0.29, 0.717) is 0 Å². The highest BCUT2D eigenvalue weighted by molar-refractivity contribution is 5.82. The monoisotopic (exact) mass is 261 g/mol. The molecule has 4 rings (SSSR count). The van der Waals surface area contributed by atoms with Crippen LogP contribution in [0.3, 0.4) is 0 Å². The van der Waals surface area contributed by atoms with Crippen LogP contribution in [0.4, 0.5) is 4.79 Å². The molecule has 2 aliphatic heterocycles. The average molecular weight is 261 g/mol. The fraction of sp³-hybridized carbons (Fsp3) is 0.429. The SMILES string of the molecule is O=C(O)C1C2CC(C2)N1C(=O)OCc1ccccc1. The van der Waals surface area contributed by atoms with E-state index in [4.69, 9.17) is 9.84 Å². The van der Waals surface area contributed by atoms with Gasteiger partial charge in [0.25, 0.3) is 0 Å². The maximum atomic E-state index is 12.0. The van der Waals surface area contributed by atoms with Crippen LogP contribution >= 0.6 is 0 Å². The van der Waals surface area contributed by atoms with E-state index < -0.39 is 18.1 Å². The molecule has 2 heterocycles. The fourth-order valence-corrected chi connectivity index (χ4v) is 2.95. The Kier molecular flexibility index (Phi) is 2.89. The van der Waals surface area contributed by atoms with Gasteiger partial charge in [0.05, 0.1) is 0 Å². The molecular formula is C14H15NO4. The van der Waals surface area contributed by atoms with Crippen LogP contribution < -0.4 is 0 Å². The minimum absolute atomic E-state index is 0.0503. The maximum Gasteiger partial charge on any atom is 0.411 e. The molecule has 1 aromatic carbocycles. The van der Waals surface area contributed by atoms with E-state index >= 15 is 0 Å².